The topological polar surface area (TPSA) is 78.9 Å². The summed E-state index contributed by atoms with van der Waals surface area (Å²) in [5.41, 5.74) is -4.93. The van der Waals surface area contributed by atoms with E-state index < -0.39 is 32.9 Å². The van der Waals surface area contributed by atoms with Gasteiger partial charge in [0.1, 0.15) is 17.9 Å². The average molecular weight is 423 g/mol. The summed E-state index contributed by atoms with van der Waals surface area (Å²) in [7, 11) is -4.98. The highest BCUT2D eigenvalue weighted by Crippen LogP contribution is 2.42. The van der Waals surface area contributed by atoms with Crippen molar-refractivity contribution in [1.29, 1.82) is 0 Å². The van der Waals surface area contributed by atoms with E-state index in [9.17, 15) is 26.4 Å². The molecule has 0 saturated heterocycles. The van der Waals surface area contributed by atoms with Crippen molar-refractivity contribution in [3.63, 3.8) is 0 Å². The first-order chi connectivity index (χ1) is 12.5. The Balaban J connectivity index is 2.19. The molecule has 3 rings (SSSR count). The predicted molar refractivity (Wildman–Crippen MR) is 88.2 cm³/mol. The number of hydrogen-bond acceptors (Lipinski definition) is 6. The molecule has 0 N–H and O–H groups in total. The van der Waals surface area contributed by atoms with E-state index in [4.69, 9.17) is 16.3 Å². The summed E-state index contributed by atoms with van der Waals surface area (Å²) >= 11 is 5.97. The van der Waals surface area contributed by atoms with Crippen LogP contribution < -0.4 is 8.92 Å². The maximum atomic E-state index is 12.6. The summed E-state index contributed by atoms with van der Waals surface area (Å²) in [5.74, 6) is -1.44. The van der Waals surface area contributed by atoms with Gasteiger partial charge in [-0.1, -0.05) is 11.6 Å². The number of esters is 1. The lowest BCUT2D eigenvalue weighted by atomic mass is 9.94. The van der Waals surface area contributed by atoms with E-state index in [0.29, 0.717) is 27.5 Å². The van der Waals surface area contributed by atoms with Crippen LogP contribution in [0.4, 0.5) is 13.2 Å². The van der Waals surface area contributed by atoms with Crippen LogP contribution in [0.3, 0.4) is 0 Å². The minimum absolute atomic E-state index is 0.0756. The minimum Gasteiger partial charge on any atom is -0.488 e. The van der Waals surface area contributed by atoms with Crippen molar-refractivity contribution < 1.29 is 40.0 Å². The zero-order valence-corrected chi connectivity index (χ0v) is 15.0. The molecule has 0 atom stereocenters. The molecular formula is C16H10ClF3O6S. The largest absolute Gasteiger partial charge is 0.534 e. The Morgan fingerprint density at radius 1 is 1.19 bits per heavy atom. The molecule has 0 fully saturated rings. The third-order valence-electron chi connectivity index (χ3n) is 3.71. The summed E-state index contributed by atoms with van der Waals surface area (Å²) in [5, 5.41) is 0.366. The molecule has 0 spiro atoms. The van der Waals surface area contributed by atoms with Gasteiger partial charge in [-0.3, -0.25) is 0 Å². The Labute approximate surface area is 156 Å². The van der Waals surface area contributed by atoms with Crippen molar-refractivity contribution in [3.05, 3.63) is 46.5 Å². The molecule has 0 amide bonds. The molecule has 0 radical (unpaired) electrons. The normalized spacial score (nSPS) is 13.2. The maximum Gasteiger partial charge on any atom is 0.534 e. The lowest BCUT2D eigenvalue weighted by molar-refractivity contribution is -0.0500. The number of rotatable bonds is 3. The van der Waals surface area contributed by atoms with E-state index in [1.807, 2.05) is 0 Å². The number of halogens is 4. The number of carbonyl (C=O) groups excluding carboxylic acids is 1. The highest BCUT2D eigenvalue weighted by molar-refractivity contribution is 7.88. The molecule has 0 saturated carbocycles. The Morgan fingerprint density at radius 2 is 1.89 bits per heavy atom. The van der Waals surface area contributed by atoms with Gasteiger partial charge in [0.15, 0.2) is 5.75 Å². The van der Waals surface area contributed by atoms with Crippen LogP contribution in [0.1, 0.15) is 15.9 Å². The summed E-state index contributed by atoms with van der Waals surface area (Å²) in [6.07, 6.45) is 0. The maximum absolute atomic E-state index is 12.6. The summed E-state index contributed by atoms with van der Waals surface area (Å²) in [4.78, 5) is 12.0. The molecule has 11 heteroatoms. The summed E-state index contributed by atoms with van der Waals surface area (Å²) in [6, 6.07) is 6.90. The molecule has 1 heterocycles. The molecule has 0 aromatic heterocycles. The van der Waals surface area contributed by atoms with Gasteiger partial charge in [-0.25, -0.2) is 4.79 Å². The van der Waals surface area contributed by atoms with Gasteiger partial charge in [0.2, 0.25) is 0 Å². The molecule has 0 unspecified atom stereocenters. The van der Waals surface area contributed by atoms with Crippen LogP contribution in [-0.2, 0) is 21.5 Å². The molecule has 6 nitrogen and oxygen atoms in total. The van der Waals surface area contributed by atoms with Gasteiger partial charge in [0, 0.05) is 16.1 Å². The summed E-state index contributed by atoms with van der Waals surface area (Å²) < 4.78 is 74.8. The second-order valence-corrected chi connectivity index (χ2v) is 7.38. The highest BCUT2D eigenvalue weighted by Gasteiger charge is 2.49. The van der Waals surface area contributed by atoms with E-state index in [1.165, 1.54) is 6.07 Å². The van der Waals surface area contributed by atoms with E-state index in [2.05, 4.69) is 8.92 Å². The first-order valence-corrected chi connectivity index (χ1v) is 9.01. The molecule has 0 aliphatic carbocycles. The number of carbonyl (C=O) groups is 1. The number of benzene rings is 2. The second kappa shape index (κ2) is 6.61. The smallest absolute Gasteiger partial charge is 0.488 e. The summed E-state index contributed by atoms with van der Waals surface area (Å²) in [6.45, 7) is -0.0756. The van der Waals surface area contributed by atoms with Crippen molar-refractivity contribution in [2.45, 2.75) is 12.1 Å². The van der Waals surface area contributed by atoms with Gasteiger partial charge >= 0.3 is 21.6 Å². The van der Waals surface area contributed by atoms with E-state index in [0.717, 1.165) is 13.2 Å². The van der Waals surface area contributed by atoms with E-state index >= 15 is 0 Å². The van der Waals surface area contributed by atoms with Crippen LogP contribution >= 0.6 is 11.6 Å². The Hall–Kier alpha value is -2.46. The average Bonchev–Trinajstić information content (AvgIpc) is 2.59. The first kappa shape index (κ1) is 19.3. The van der Waals surface area contributed by atoms with Crippen LogP contribution in [0.2, 0.25) is 5.02 Å². The van der Waals surface area contributed by atoms with Crippen molar-refractivity contribution in [2.24, 2.45) is 0 Å². The Bertz CT molecular complexity index is 1030. The van der Waals surface area contributed by atoms with E-state index in [1.54, 1.807) is 18.2 Å². The Morgan fingerprint density at radius 3 is 2.52 bits per heavy atom. The quantitative estimate of drug-likeness (QED) is 0.424. The third-order valence-corrected chi connectivity index (χ3v) is 4.91. The molecule has 2 aromatic rings. The fraction of sp³-hybridized carbons (Fsp3) is 0.188. The fourth-order valence-corrected chi connectivity index (χ4v) is 3.13. The van der Waals surface area contributed by atoms with Crippen LogP contribution in [0, 0.1) is 0 Å². The van der Waals surface area contributed by atoms with Crippen molar-refractivity contribution >= 4 is 27.7 Å². The zero-order valence-electron chi connectivity index (χ0n) is 13.5. The zero-order chi connectivity index (χ0) is 20.0. The fourth-order valence-electron chi connectivity index (χ4n) is 2.49. The van der Waals surface area contributed by atoms with Crippen LogP contribution in [0.25, 0.3) is 11.1 Å². The van der Waals surface area contributed by atoms with Crippen LogP contribution in [-0.4, -0.2) is 27.0 Å². The van der Waals surface area contributed by atoms with Gasteiger partial charge in [0.05, 0.1) is 7.11 Å². The second-order valence-electron chi connectivity index (χ2n) is 5.41. The molecular weight excluding hydrogens is 413 g/mol. The van der Waals surface area contributed by atoms with Gasteiger partial charge in [-0.05, 0) is 35.9 Å². The first-order valence-electron chi connectivity index (χ1n) is 7.22. The minimum atomic E-state index is -5.98. The molecule has 1 aliphatic rings. The molecule has 0 bridgehead atoms. The van der Waals surface area contributed by atoms with Crippen molar-refractivity contribution in [3.8, 4) is 22.6 Å². The Kier molecular flexibility index (Phi) is 4.73. The molecule has 144 valence electrons. The highest BCUT2D eigenvalue weighted by atomic mass is 35.5. The number of hydrogen-bond donors (Lipinski definition) is 0. The lowest BCUT2D eigenvalue weighted by Crippen LogP contribution is -2.29. The molecule has 2 aromatic carbocycles. The van der Waals surface area contributed by atoms with Crippen molar-refractivity contribution in [1.82, 2.24) is 0 Å². The lowest BCUT2D eigenvalue weighted by Gasteiger charge is -2.23. The SMILES string of the molecule is COC(=O)c1cc2c(cc1OS(=O)(=O)C(F)(F)F)COc1ccc(Cl)cc1-2. The monoisotopic (exact) mass is 422 g/mol. The van der Waals surface area contributed by atoms with Gasteiger partial charge in [-0.15, -0.1) is 0 Å². The third kappa shape index (κ3) is 3.54. The van der Waals surface area contributed by atoms with Crippen molar-refractivity contribution in [2.75, 3.05) is 7.11 Å². The molecule has 27 heavy (non-hydrogen) atoms. The van der Waals surface area contributed by atoms with Gasteiger partial charge in [-0.2, -0.15) is 21.6 Å². The van der Waals surface area contributed by atoms with E-state index in [-0.39, 0.29) is 6.61 Å². The standard InChI is InChI=1S/C16H10ClF3O6S/c1-24-15(21)12-6-10-8(4-14(12)26-27(22,23)16(18,19)20)7-25-13-3-2-9(17)5-11(10)13/h2-6H,7H2,1H3. The van der Waals surface area contributed by atoms with Crippen LogP contribution in [0.5, 0.6) is 11.5 Å². The number of fused-ring (bicyclic) bond motifs is 3. The van der Waals surface area contributed by atoms with Gasteiger partial charge in [0.25, 0.3) is 0 Å². The number of alkyl halides is 3. The molecule has 1 aliphatic heterocycles. The predicted octanol–water partition coefficient (Wildman–Crippen LogP) is 3.91. The van der Waals surface area contributed by atoms with Gasteiger partial charge < -0.3 is 13.7 Å². The number of methoxy groups -OCH3 is 1. The van der Waals surface area contributed by atoms with Crippen LogP contribution in [0.15, 0.2) is 30.3 Å². The number of ether oxygens (including phenoxy) is 2.